The molecular weight excluding hydrogens is 220 g/mol. The molecule has 0 bridgehead atoms. The van der Waals surface area contributed by atoms with E-state index in [2.05, 4.69) is 38.5 Å². The van der Waals surface area contributed by atoms with Gasteiger partial charge in [0.25, 0.3) is 0 Å². The molecule has 0 fully saturated rings. The van der Waals surface area contributed by atoms with E-state index in [0.717, 1.165) is 29.8 Å². The van der Waals surface area contributed by atoms with Crippen molar-refractivity contribution in [1.29, 1.82) is 0 Å². The topological polar surface area (TPSA) is 42.7 Å². The fraction of sp³-hybridized carbons (Fsp3) is 0.714. The number of nitrogens with one attached hydrogen (secondary N) is 1. The molecule has 1 N–H and O–H groups in total. The van der Waals surface area contributed by atoms with Crippen LogP contribution in [0.25, 0.3) is 0 Å². The van der Waals surface area contributed by atoms with E-state index < -0.39 is 0 Å². The van der Waals surface area contributed by atoms with Gasteiger partial charge in [-0.2, -0.15) is 0 Å². The summed E-state index contributed by atoms with van der Waals surface area (Å²) in [6.07, 6.45) is 1.14. The quantitative estimate of drug-likeness (QED) is 0.791. The van der Waals surface area contributed by atoms with E-state index >= 15 is 0 Å². The number of hydrogen-bond acceptors (Lipinski definition) is 3. The van der Waals surface area contributed by atoms with Crippen LogP contribution in [0.1, 0.15) is 19.0 Å². The molecule has 0 aromatic carbocycles. The van der Waals surface area contributed by atoms with E-state index in [1.165, 1.54) is 0 Å². The minimum absolute atomic E-state index is 0.817. The van der Waals surface area contributed by atoms with Crippen molar-refractivity contribution >= 4 is 15.9 Å². The zero-order valence-electron chi connectivity index (χ0n) is 7.34. The first-order valence-corrected chi connectivity index (χ1v) is 4.79. The molecule has 12 heavy (non-hydrogen) atoms. The summed E-state index contributed by atoms with van der Waals surface area (Å²) in [6, 6.07) is 0. The van der Waals surface area contributed by atoms with Crippen molar-refractivity contribution in [3.63, 3.8) is 0 Å². The van der Waals surface area contributed by atoms with Crippen molar-refractivity contribution in [3.05, 3.63) is 10.3 Å². The van der Waals surface area contributed by atoms with Gasteiger partial charge in [0.2, 0.25) is 0 Å². The van der Waals surface area contributed by atoms with E-state index in [1.54, 1.807) is 4.68 Å². The minimum atomic E-state index is 0.817. The van der Waals surface area contributed by atoms with E-state index in [0.29, 0.717) is 0 Å². The lowest BCUT2D eigenvalue weighted by molar-refractivity contribution is 0.611. The first-order chi connectivity index (χ1) is 5.75. The summed E-state index contributed by atoms with van der Waals surface area (Å²) in [4.78, 5) is 0. The first-order valence-electron chi connectivity index (χ1n) is 4.00. The van der Waals surface area contributed by atoms with Crippen molar-refractivity contribution in [2.45, 2.75) is 19.9 Å². The summed E-state index contributed by atoms with van der Waals surface area (Å²) in [7, 11) is 1.89. The highest BCUT2D eigenvalue weighted by atomic mass is 79.9. The van der Waals surface area contributed by atoms with Crippen molar-refractivity contribution in [1.82, 2.24) is 20.3 Å². The van der Waals surface area contributed by atoms with E-state index in [1.807, 2.05) is 7.05 Å². The van der Waals surface area contributed by atoms with Gasteiger partial charge in [0.05, 0.1) is 5.69 Å². The maximum absolute atomic E-state index is 3.88. The summed E-state index contributed by atoms with van der Waals surface area (Å²) in [6.45, 7) is 3.99. The van der Waals surface area contributed by atoms with Crippen molar-refractivity contribution in [2.75, 3.05) is 6.54 Å². The summed E-state index contributed by atoms with van der Waals surface area (Å²) < 4.78 is 2.60. The largest absolute Gasteiger partial charge is 0.311 e. The lowest BCUT2D eigenvalue weighted by atomic mass is 10.4. The molecule has 1 aromatic rings. The molecule has 0 radical (unpaired) electrons. The Kier molecular flexibility index (Phi) is 3.68. The Morgan fingerprint density at radius 3 is 2.83 bits per heavy atom. The number of rotatable bonds is 4. The molecule has 0 spiro atoms. The molecule has 0 saturated carbocycles. The van der Waals surface area contributed by atoms with Gasteiger partial charge in [0.15, 0.2) is 4.60 Å². The van der Waals surface area contributed by atoms with Crippen LogP contribution in [-0.2, 0) is 13.6 Å². The maximum Gasteiger partial charge on any atom is 0.152 e. The Balaban J connectivity index is 2.50. The summed E-state index contributed by atoms with van der Waals surface area (Å²) in [5.41, 5.74) is 1.09. The number of nitrogens with zero attached hydrogens (tertiary/aromatic N) is 3. The second-order valence-electron chi connectivity index (χ2n) is 2.63. The van der Waals surface area contributed by atoms with Crippen LogP contribution in [0.5, 0.6) is 0 Å². The molecule has 0 aliphatic rings. The van der Waals surface area contributed by atoms with Gasteiger partial charge < -0.3 is 5.32 Å². The van der Waals surface area contributed by atoms with Gasteiger partial charge in [-0.05, 0) is 28.9 Å². The van der Waals surface area contributed by atoms with Crippen LogP contribution < -0.4 is 5.32 Å². The van der Waals surface area contributed by atoms with Gasteiger partial charge >= 0.3 is 0 Å². The number of aryl methyl sites for hydroxylation is 1. The van der Waals surface area contributed by atoms with Crippen molar-refractivity contribution < 1.29 is 0 Å². The van der Waals surface area contributed by atoms with Gasteiger partial charge in [-0.25, -0.2) is 4.68 Å². The monoisotopic (exact) mass is 232 g/mol. The lowest BCUT2D eigenvalue weighted by Crippen LogP contribution is -2.16. The molecule has 0 aliphatic heterocycles. The number of aromatic nitrogens is 3. The molecule has 0 aliphatic carbocycles. The fourth-order valence-corrected chi connectivity index (χ4v) is 1.39. The van der Waals surface area contributed by atoms with Crippen LogP contribution in [0, 0.1) is 0 Å². The van der Waals surface area contributed by atoms with Crippen LogP contribution in [-0.4, -0.2) is 21.5 Å². The van der Waals surface area contributed by atoms with Gasteiger partial charge in [-0.3, -0.25) is 0 Å². The fourth-order valence-electron chi connectivity index (χ4n) is 0.922. The first kappa shape index (κ1) is 9.67. The third-order valence-electron chi connectivity index (χ3n) is 1.61. The molecule has 0 saturated heterocycles. The normalized spacial score (nSPS) is 10.6. The summed E-state index contributed by atoms with van der Waals surface area (Å²) in [5, 5.41) is 11.0. The van der Waals surface area contributed by atoms with Gasteiger partial charge in [-0.15, -0.1) is 5.10 Å². The zero-order valence-corrected chi connectivity index (χ0v) is 8.93. The number of halogens is 1. The van der Waals surface area contributed by atoms with Crippen LogP contribution in [0.2, 0.25) is 0 Å². The standard InChI is InChI=1S/C7H13BrN4/c1-3-4-9-5-6-7(8)10-11-12(6)2/h9H,3-5H2,1-2H3. The average Bonchev–Trinajstić information content (AvgIpc) is 2.35. The van der Waals surface area contributed by atoms with Crippen molar-refractivity contribution in [3.8, 4) is 0 Å². The van der Waals surface area contributed by atoms with Gasteiger partial charge in [-0.1, -0.05) is 12.1 Å². The molecule has 1 rings (SSSR count). The molecule has 1 aromatic heterocycles. The second-order valence-corrected chi connectivity index (χ2v) is 3.38. The molecule has 68 valence electrons. The summed E-state index contributed by atoms with van der Waals surface area (Å²) in [5.74, 6) is 0. The maximum atomic E-state index is 3.88. The zero-order chi connectivity index (χ0) is 8.97. The molecule has 5 heteroatoms. The molecule has 1 heterocycles. The Morgan fingerprint density at radius 1 is 1.58 bits per heavy atom. The van der Waals surface area contributed by atoms with Crippen LogP contribution in [0.3, 0.4) is 0 Å². The molecule has 0 atom stereocenters. The highest BCUT2D eigenvalue weighted by Crippen LogP contribution is 2.10. The second kappa shape index (κ2) is 4.57. The predicted molar refractivity (Wildman–Crippen MR) is 50.7 cm³/mol. The van der Waals surface area contributed by atoms with Gasteiger partial charge in [0, 0.05) is 13.6 Å². The lowest BCUT2D eigenvalue weighted by Gasteiger charge is -2.02. The Morgan fingerprint density at radius 2 is 2.33 bits per heavy atom. The smallest absolute Gasteiger partial charge is 0.152 e. The van der Waals surface area contributed by atoms with Crippen LogP contribution >= 0.6 is 15.9 Å². The van der Waals surface area contributed by atoms with E-state index in [9.17, 15) is 0 Å². The van der Waals surface area contributed by atoms with Crippen LogP contribution in [0.4, 0.5) is 0 Å². The number of hydrogen-bond donors (Lipinski definition) is 1. The molecule has 0 unspecified atom stereocenters. The average molecular weight is 233 g/mol. The van der Waals surface area contributed by atoms with Crippen molar-refractivity contribution in [2.24, 2.45) is 7.05 Å². The molecule has 4 nitrogen and oxygen atoms in total. The van der Waals surface area contributed by atoms with E-state index in [4.69, 9.17) is 0 Å². The predicted octanol–water partition coefficient (Wildman–Crippen LogP) is 1.08. The summed E-state index contributed by atoms with van der Waals surface area (Å²) >= 11 is 3.33. The highest BCUT2D eigenvalue weighted by molar-refractivity contribution is 9.10. The molecule has 0 amide bonds. The minimum Gasteiger partial charge on any atom is -0.311 e. The van der Waals surface area contributed by atoms with Crippen LogP contribution in [0.15, 0.2) is 4.60 Å². The SMILES string of the molecule is CCCNCc1c(Br)nnn1C. The highest BCUT2D eigenvalue weighted by Gasteiger charge is 2.05. The Labute approximate surface area is 80.5 Å². The molecular formula is C7H13BrN4. The van der Waals surface area contributed by atoms with Gasteiger partial charge in [0.1, 0.15) is 0 Å². The third kappa shape index (κ3) is 2.28. The third-order valence-corrected chi connectivity index (χ3v) is 2.23. The Bertz CT molecular complexity index is 226. The Hall–Kier alpha value is -0.420. The van der Waals surface area contributed by atoms with E-state index in [-0.39, 0.29) is 0 Å².